The molecule has 0 unspecified atom stereocenters. The Bertz CT molecular complexity index is 1890. The minimum absolute atomic E-state index is 0.00786. The molecule has 0 spiro atoms. The lowest BCUT2D eigenvalue weighted by Gasteiger charge is -2.40. The van der Waals surface area contributed by atoms with Gasteiger partial charge in [0.05, 0.1) is 15.9 Å². The van der Waals surface area contributed by atoms with Gasteiger partial charge in [-0.2, -0.15) is 9.78 Å². The number of halogens is 2. The van der Waals surface area contributed by atoms with Crippen LogP contribution in [-0.2, 0) is 0 Å². The second-order valence-corrected chi connectivity index (χ2v) is 12.8. The van der Waals surface area contributed by atoms with Gasteiger partial charge in [-0.05, 0) is 101 Å². The molecule has 0 aliphatic carbocycles. The van der Waals surface area contributed by atoms with Gasteiger partial charge in [-0.3, -0.25) is 19.5 Å². The van der Waals surface area contributed by atoms with E-state index in [9.17, 15) is 14.0 Å². The summed E-state index contributed by atoms with van der Waals surface area (Å²) in [5.41, 5.74) is 0.503. The number of carbonyl (C=O) groups excluding carboxylic acids is 1. The largest absolute Gasteiger partial charge is 0.453 e. The molecule has 5 aromatic rings. The number of carbonyl (C=O) groups is 1. The van der Waals surface area contributed by atoms with Crippen molar-refractivity contribution in [2.45, 2.75) is 45.1 Å². The number of rotatable bonds is 6. The molecule has 226 valence electrons. The van der Waals surface area contributed by atoms with Crippen molar-refractivity contribution in [3.63, 3.8) is 0 Å². The highest BCUT2D eigenvalue weighted by Crippen LogP contribution is 2.41. The number of nitrogens with one attached hydrogen (secondary N) is 1. The van der Waals surface area contributed by atoms with E-state index >= 15 is 4.39 Å². The standard InChI is InChI=1S/C33H31F2N5O3S/c1-33(2,3)39-16-12-20(13-17-39)29-19-26-30(44-29)28(11-14-36-26)43-27-9-6-22(18-25(27)35)38-31(41)24-10-15-37-40(32(24)42)23-7-4-21(34)5-8-23/h4-11,14-15,18-20H,12-13,16-17H2,1-3H3,(H,38,41). The van der Waals surface area contributed by atoms with E-state index in [1.165, 1.54) is 53.5 Å². The van der Waals surface area contributed by atoms with Crippen LogP contribution in [-0.4, -0.2) is 44.2 Å². The number of fused-ring (bicyclic) bond motifs is 1. The molecule has 1 N–H and O–H groups in total. The van der Waals surface area contributed by atoms with E-state index in [0.29, 0.717) is 17.4 Å². The Morgan fingerprint density at radius 2 is 1.73 bits per heavy atom. The second-order valence-electron chi connectivity index (χ2n) is 11.7. The van der Waals surface area contributed by atoms with Crippen LogP contribution >= 0.6 is 11.3 Å². The van der Waals surface area contributed by atoms with Crippen molar-refractivity contribution < 1.29 is 18.3 Å². The summed E-state index contributed by atoms with van der Waals surface area (Å²) in [5, 5.41) is 6.53. The first-order chi connectivity index (χ1) is 21.1. The maximum Gasteiger partial charge on any atom is 0.284 e. The van der Waals surface area contributed by atoms with E-state index in [1.54, 1.807) is 23.6 Å². The van der Waals surface area contributed by atoms with Crippen LogP contribution in [0, 0.1) is 11.6 Å². The molecule has 4 heterocycles. The van der Waals surface area contributed by atoms with Gasteiger partial charge in [0.1, 0.15) is 17.1 Å². The number of thiophene rings is 1. The van der Waals surface area contributed by atoms with Gasteiger partial charge < -0.3 is 10.1 Å². The Morgan fingerprint density at radius 1 is 0.977 bits per heavy atom. The number of anilines is 1. The SMILES string of the molecule is CC(C)(C)N1CCC(c2cc3nccc(Oc4ccc(NC(=O)c5ccnn(-c6ccc(F)cc6)c5=O)cc4F)c3s2)CC1. The third-order valence-electron chi connectivity index (χ3n) is 7.81. The lowest BCUT2D eigenvalue weighted by Crippen LogP contribution is -2.45. The van der Waals surface area contributed by atoms with Crippen LogP contribution in [0.25, 0.3) is 15.9 Å². The van der Waals surface area contributed by atoms with Crippen LogP contribution in [0.3, 0.4) is 0 Å². The molecule has 0 saturated carbocycles. The highest BCUT2D eigenvalue weighted by molar-refractivity contribution is 7.19. The summed E-state index contributed by atoms with van der Waals surface area (Å²) in [6.07, 6.45) is 5.08. The molecule has 11 heteroatoms. The summed E-state index contributed by atoms with van der Waals surface area (Å²) in [4.78, 5) is 34.1. The summed E-state index contributed by atoms with van der Waals surface area (Å²) >= 11 is 1.63. The Labute approximate surface area is 256 Å². The summed E-state index contributed by atoms with van der Waals surface area (Å²) < 4.78 is 36.4. The van der Waals surface area contributed by atoms with Gasteiger partial charge in [-0.1, -0.05) is 0 Å². The smallest absolute Gasteiger partial charge is 0.284 e. The lowest BCUT2D eigenvalue weighted by atomic mass is 9.92. The number of hydrogen-bond acceptors (Lipinski definition) is 7. The maximum atomic E-state index is 15.2. The van der Waals surface area contributed by atoms with Crippen molar-refractivity contribution in [3.05, 3.63) is 105 Å². The van der Waals surface area contributed by atoms with Crippen LogP contribution < -0.4 is 15.6 Å². The van der Waals surface area contributed by atoms with Crippen molar-refractivity contribution in [1.29, 1.82) is 0 Å². The summed E-state index contributed by atoms with van der Waals surface area (Å²) in [5.74, 6) is -0.945. The summed E-state index contributed by atoms with van der Waals surface area (Å²) in [7, 11) is 0. The van der Waals surface area contributed by atoms with E-state index < -0.39 is 23.1 Å². The molecule has 3 aromatic heterocycles. The van der Waals surface area contributed by atoms with E-state index in [0.717, 1.165) is 46.9 Å². The zero-order valence-corrected chi connectivity index (χ0v) is 25.3. The van der Waals surface area contributed by atoms with Crippen LogP contribution in [0.1, 0.15) is 54.8 Å². The van der Waals surface area contributed by atoms with Gasteiger partial charge in [0.15, 0.2) is 11.6 Å². The van der Waals surface area contributed by atoms with Gasteiger partial charge in [0.25, 0.3) is 11.5 Å². The quantitative estimate of drug-likeness (QED) is 0.218. The molecule has 44 heavy (non-hydrogen) atoms. The number of piperidine rings is 1. The van der Waals surface area contributed by atoms with Gasteiger partial charge in [-0.15, -0.1) is 11.3 Å². The van der Waals surface area contributed by atoms with E-state index in [1.807, 2.05) is 0 Å². The zero-order valence-electron chi connectivity index (χ0n) is 24.5. The number of likely N-dealkylation sites (tertiary alicyclic amines) is 1. The van der Waals surface area contributed by atoms with Crippen LogP contribution in [0.4, 0.5) is 14.5 Å². The van der Waals surface area contributed by atoms with Crippen LogP contribution in [0.15, 0.2) is 77.9 Å². The second kappa shape index (κ2) is 11.9. The topological polar surface area (TPSA) is 89.3 Å². The molecule has 0 radical (unpaired) electrons. The minimum atomic E-state index is -0.739. The average molecular weight is 616 g/mol. The number of hydrogen-bond donors (Lipinski definition) is 1. The van der Waals surface area contributed by atoms with Crippen molar-refractivity contribution >= 4 is 33.1 Å². The fourth-order valence-corrected chi connectivity index (χ4v) is 6.61. The number of amides is 1. The Balaban J connectivity index is 1.17. The van der Waals surface area contributed by atoms with Crippen molar-refractivity contribution in [3.8, 4) is 17.2 Å². The molecule has 2 aromatic carbocycles. The van der Waals surface area contributed by atoms with E-state index in [4.69, 9.17) is 4.74 Å². The first-order valence-electron chi connectivity index (χ1n) is 14.3. The highest BCUT2D eigenvalue weighted by atomic mass is 32.1. The number of nitrogens with zero attached hydrogens (tertiary/aromatic N) is 4. The first kappa shape index (κ1) is 29.6. The molecule has 8 nitrogen and oxygen atoms in total. The molecule has 1 fully saturated rings. The predicted octanol–water partition coefficient (Wildman–Crippen LogP) is 7.14. The van der Waals surface area contributed by atoms with Crippen LogP contribution in [0.5, 0.6) is 11.5 Å². The summed E-state index contributed by atoms with van der Waals surface area (Å²) in [6.45, 7) is 8.82. The predicted molar refractivity (Wildman–Crippen MR) is 167 cm³/mol. The Hall–Kier alpha value is -4.48. The minimum Gasteiger partial charge on any atom is -0.453 e. The molecule has 0 atom stereocenters. The Morgan fingerprint density at radius 3 is 2.43 bits per heavy atom. The molecule has 6 rings (SSSR count). The zero-order chi connectivity index (χ0) is 31.0. The number of aromatic nitrogens is 3. The number of pyridine rings is 1. The molecule has 1 amide bonds. The fourth-order valence-electron chi connectivity index (χ4n) is 5.38. The van der Waals surface area contributed by atoms with Gasteiger partial charge in [-0.25, -0.2) is 8.78 Å². The van der Waals surface area contributed by atoms with Gasteiger partial charge in [0.2, 0.25) is 0 Å². The van der Waals surface area contributed by atoms with Crippen LogP contribution in [0.2, 0.25) is 0 Å². The number of benzene rings is 2. The highest BCUT2D eigenvalue weighted by Gasteiger charge is 2.29. The molecule has 1 saturated heterocycles. The van der Waals surface area contributed by atoms with Gasteiger partial charge >= 0.3 is 0 Å². The molecule has 0 bridgehead atoms. The Kier molecular flexibility index (Phi) is 8.00. The molecule has 1 aliphatic heterocycles. The van der Waals surface area contributed by atoms with E-state index in [2.05, 4.69) is 47.1 Å². The molecular formula is C33H31F2N5O3S. The van der Waals surface area contributed by atoms with E-state index in [-0.39, 0.29) is 22.5 Å². The lowest BCUT2D eigenvalue weighted by molar-refractivity contribution is 0.102. The molecular weight excluding hydrogens is 584 g/mol. The van der Waals surface area contributed by atoms with Crippen molar-refractivity contribution in [2.24, 2.45) is 0 Å². The normalized spacial score (nSPS) is 14.6. The fraction of sp³-hybridized carbons (Fsp3) is 0.273. The number of ether oxygens (including phenoxy) is 1. The monoisotopic (exact) mass is 615 g/mol. The van der Waals surface area contributed by atoms with Crippen molar-refractivity contribution in [1.82, 2.24) is 19.7 Å². The third-order valence-corrected chi connectivity index (χ3v) is 9.11. The summed E-state index contributed by atoms with van der Waals surface area (Å²) in [6, 6.07) is 14.3. The first-order valence-corrected chi connectivity index (χ1v) is 15.1. The molecule has 1 aliphatic rings. The average Bonchev–Trinajstić information content (AvgIpc) is 3.44. The van der Waals surface area contributed by atoms with Gasteiger partial charge in [0, 0.05) is 40.6 Å². The van der Waals surface area contributed by atoms with Crippen molar-refractivity contribution in [2.75, 3.05) is 18.4 Å². The maximum absolute atomic E-state index is 15.2. The third kappa shape index (κ3) is 6.11.